The fourth-order valence-corrected chi connectivity index (χ4v) is 3.39. The van der Waals surface area contributed by atoms with Gasteiger partial charge < -0.3 is 19.5 Å². The van der Waals surface area contributed by atoms with Crippen LogP contribution in [-0.4, -0.2) is 37.7 Å². The first-order valence-electron chi connectivity index (χ1n) is 8.59. The second kappa shape index (κ2) is 9.91. The van der Waals surface area contributed by atoms with Gasteiger partial charge in [0.05, 0.1) is 32.9 Å². The summed E-state index contributed by atoms with van der Waals surface area (Å²) >= 11 is 1.29. The Morgan fingerprint density at radius 2 is 2.00 bits per heavy atom. The van der Waals surface area contributed by atoms with Gasteiger partial charge in [-0.05, 0) is 38.0 Å². The number of amides is 1. The van der Waals surface area contributed by atoms with Gasteiger partial charge in [0, 0.05) is 11.3 Å². The molecule has 0 radical (unpaired) electrons. The van der Waals surface area contributed by atoms with Crippen molar-refractivity contribution in [2.45, 2.75) is 33.1 Å². The number of hydrogen-bond acceptors (Lipinski definition) is 7. The van der Waals surface area contributed by atoms with Gasteiger partial charge in [-0.3, -0.25) is 9.59 Å². The number of esters is 1. The minimum atomic E-state index is -0.330. The first-order chi connectivity index (χ1) is 13.0. The topological polar surface area (TPSA) is 86.8 Å². The Kier molecular flexibility index (Phi) is 7.60. The van der Waals surface area contributed by atoms with E-state index in [1.54, 1.807) is 14.0 Å². The van der Waals surface area contributed by atoms with E-state index >= 15 is 0 Å². The third-order valence-corrected chi connectivity index (χ3v) is 4.91. The van der Waals surface area contributed by atoms with E-state index in [9.17, 15) is 9.59 Å². The molecule has 0 spiro atoms. The van der Waals surface area contributed by atoms with E-state index in [0.717, 1.165) is 16.1 Å². The molecule has 27 heavy (non-hydrogen) atoms. The van der Waals surface area contributed by atoms with Crippen LogP contribution in [0, 0.1) is 6.92 Å². The van der Waals surface area contributed by atoms with Gasteiger partial charge in [-0.25, -0.2) is 4.98 Å². The van der Waals surface area contributed by atoms with E-state index in [1.165, 1.54) is 18.4 Å². The molecule has 0 aliphatic carbocycles. The Morgan fingerprint density at radius 3 is 2.67 bits per heavy atom. The van der Waals surface area contributed by atoms with Crippen molar-refractivity contribution in [3.63, 3.8) is 0 Å². The van der Waals surface area contributed by atoms with Gasteiger partial charge in [0.25, 0.3) is 0 Å². The molecule has 0 aliphatic rings. The van der Waals surface area contributed by atoms with E-state index in [-0.39, 0.29) is 18.3 Å². The maximum Gasteiger partial charge on any atom is 0.310 e. The molecule has 1 heterocycles. The number of nitrogens with zero attached hydrogens (tertiary/aromatic N) is 1. The van der Waals surface area contributed by atoms with E-state index in [2.05, 4.69) is 15.0 Å². The van der Waals surface area contributed by atoms with E-state index < -0.39 is 0 Å². The Balaban J connectivity index is 1.93. The van der Waals surface area contributed by atoms with Crippen LogP contribution in [0.15, 0.2) is 18.2 Å². The number of carbonyl (C=O) groups is 2. The molecule has 146 valence electrons. The normalized spacial score (nSPS) is 10.4. The lowest BCUT2D eigenvalue weighted by molar-refractivity contribution is -0.139. The van der Waals surface area contributed by atoms with Crippen LogP contribution in [0.2, 0.25) is 0 Å². The van der Waals surface area contributed by atoms with Crippen LogP contribution in [-0.2, 0) is 27.2 Å². The average molecular weight is 392 g/mol. The quantitative estimate of drug-likeness (QED) is 0.660. The molecule has 2 aromatic rings. The second-order valence-corrected chi connectivity index (χ2v) is 6.83. The second-order valence-electron chi connectivity index (χ2n) is 5.75. The summed E-state index contributed by atoms with van der Waals surface area (Å²) in [4.78, 5) is 28.7. The predicted octanol–water partition coefficient (Wildman–Crippen LogP) is 3.15. The number of nitrogens with one attached hydrogen (secondary N) is 1. The van der Waals surface area contributed by atoms with Crippen LogP contribution in [0.3, 0.4) is 0 Å². The third-order valence-electron chi connectivity index (χ3n) is 3.84. The lowest BCUT2D eigenvalue weighted by atomic mass is 10.1. The Labute approximate surface area is 162 Å². The maximum absolute atomic E-state index is 12.2. The number of benzene rings is 1. The molecular weight excluding hydrogens is 368 g/mol. The SMILES string of the molecule is CCOc1ccc(CCC(=O)Nc2nc(C)c(CC(=O)OC)s2)cc1OC. The van der Waals surface area contributed by atoms with Gasteiger partial charge in [0.15, 0.2) is 16.6 Å². The van der Waals surface area contributed by atoms with E-state index in [1.807, 2.05) is 25.1 Å². The average Bonchev–Trinajstić information content (AvgIpc) is 2.99. The summed E-state index contributed by atoms with van der Waals surface area (Å²) in [5.41, 5.74) is 1.70. The van der Waals surface area contributed by atoms with Gasteiger partial charge in [-0.1, -0.05) is 6.07 Å². The largest absolute Gasteiger partial charge is 0.493 e. The number of aromatic nitrogens is 1. The number of anilines is 1. The third kappa shape index (κ3) is 5.96. The first kappa shape index (κ1) is 20.7. The highest BCUT2D eigenvalue weighted by molar-refractivity contribution is 7.16. The highest BCUT2D eigenvalue weighted by Gasteiger charge is 2.14. The van der Waals surface area contributed by atoms with Crippen molar-refractivity contribution in [2.24, 2.45) is 0 Å². The van der Waals surface area contributed by atoms with E-state index in [4.69, 9.17) is 9.47 Å². The van der Waals surface area contributed by atoms with Crippen molar-refractivity contribution in [1.82, 2.24) is 4.98 Å². The van der Waals surface area contributed by atoms with Crippen LogP contribution >= 0.6 is 11.3 Å². The first-order valence-corrected chi connectivity index (χ1v) is 9.41. The van der Waals surface area contributed by atoms with Crippen molar-refractivity contribution in [1.29, 1.82) is 0 Å². The standard InChI is InChI=1S/C19H24N2O5S/c1-5-26-14-8-6-13(10-15(14)24-3)7-9-17(22)21-19-20-12(2)16(27-19)11-18(23)25-4/h6,8,10H,5,7,9,11H2,1-4H3,(H,20,21,22). The smallest absolute Gasteiger partial charge is 0.310 e. The molecule has 0 saturated heterocycles. The van der Waals surface area contributed by atoms with Crippen molar-refractivity contribution < 1.29 is 23.8 Å². The summed E-state index contributed by atoms with van der Waals surface area (Å²) in [6.07, 6.45) is 1.03. The fraction of sp³-hybridized carbons (Fsp3) is 0.421. The zero-order valence-corrected chi connectivity index (χ0v) is 16.8. The lowest BCUT2D eigenvalue weighted by Crippen LogP contribution is -2.12. The zero-order chi connectivity index (χ0) is 19.8. The summed E-state index contributed by atoms with van der Waals surface area (Å²) in [6, 6.07) is 5.64. The lowest BCUT2D eigenvalue weighted by Gasteiger charge is -2.10. The van der Waals surface area contributed by atoms with Gasteiger partial charge >= 0.3 is 5.97 Å². The summed E-state index contributed by atoms with van der Waals surface area (Å²) < 4.78 is 15.5. The Morgan fingerprint density at radius 1 is 1.22 bits per heavy atom. The van der Waals surface area contributed by atoms with Gasteiger partial charge in [0.1, 0.15) is 0 Å². The summed E-state index contributed by atoms with van der Waals surface area (Å²) in [6.45, 7) is 4.27. The number of hydrogen-bond donors (Lipinski definition) is 1. The van der Waals surface area contributed by atoms with Crippen LogP contribution < -0.4 is 14.8 Å². The predicted molar refractivity (Wildman–Crippen MR) is 104 cm³/mol. The van der Waals surface area contributed by atoms with Crippen molar-refractivity contribution >= 4 is 28.3 Å². The number of methoxy groups -OCH3 is 2. The highest BCUT2D eigenvalue weighted by Crippen LogP contribution is 2.28. The minimum Gasteiger partial charge on any atom is -0.493 e. The molecule has 2 rings (SSSR count). The van der Waals surface area contributed by atoms with Crippen molar-refractivity contribution in [3.05, 3.63) is 34.3 Å². The molecule has 1 aromatic carbocycles. The monoisotopic (exact) mass is 392 g/mol. The molecule has 8 heteroatoms. The van der Waals surface area contributed by atoms with Crippen molar-refractivity contribution in [3.8, 4) is 11.5 Å². The van der Waals surface area contributed by atoms with Gasteiger partial charge in [0.2, 0.25) is 5.91 Å². The molecule has 0 fully saturated rings. The Bertz CT molecular complexity index is 803. The maximum atomic E-state index is 12.2. The van der Waals surface area contributed by atoms with E-state index in [0.29, 0.717) is 36.1 Å². The molecule has 1 amide bonds. The number of aryl methyl sites for hydroxylation is 2. The van der Waals surface area contributed by atoms with Crippen LogP contribution in [0.5, 0.6) is 11.5 Å². The minimum absolute atomic E-state index is 0.138. The number of carbonyl (C=O) groups excluding carboxylic acids is 2. The summed E-state index contributed by atoms with van der Waals surface area (Å²) in [5, 5.41) is 3.27. The van der Waals surface area contributed by atoms with Crippen LogP contribution in [0.25, 0.3) is 0 Å². The fourth-order valence-electron chi connectivity index (χ4n) is 2.43. The summed E-state index contributed by atoms with van der Waals surface area (Å²) in [5.74, 6) is 0.868. The molecular formula is C19H24N2O5S. The number of rotatable bonds is 9. The molecule has 0 saturated carbocycles. The number of thiazole rings is 1. The van der Waals surface area contributed by atoms with Gasteiger partial charge in [-0.2, -0.15) is 0 Å². The molecule has 0 unspecified atom stereocenters. The Hall–Kier alpha value is -2.61. The van der Waals surface area contributed by atoms with Crippen LogP contribution in [0.1, 0.15) is 29.5 Å². The highest BCUT2D eigenvalue weighted by atomic mass is 32.1. The van der Waals surface area contributed by atoms with Crippen LogP contribution in [0.4, 0.5) is 5.13 Å². The zero-order valence-electron chi connectivity index (χ0n) is 16.0. The molecule has 0 aliphatic heterocycles. The molecule has 7 nitrogen and oxygen atoms in total. The molecule has 0 bridgehead atoms. The molecule has 0 atom stereocenters. The molecule has 1 N–H and O–H groups in total. The number of ether oxygens (including phenoxy) is 3. The van der Waals surface area contributed by atoms with Gasteiger partial charge in [-0.15, -0.1) is 11.3 Å². The van der Waals surface area contributed by atoms with Crippen molar-refractivity contribution in [2.75, 3.05) is 26.1 Å². The molecule has 1 aromatic heterocycles. The summed E-state index contributed by atoms with van der Waals surface area (Å²) in [7, 11) is 2.93.